The first-order chi connectivity index (χ1) is 7.75. The van der Waals surface area contributed by atoms with Crippen molar-refractivity contribution >= 4 is 11.8 Å². The van der Waals surface area contributed by atoms with Crippen LogP contribution in [-0.2, 0) is 0 Å². The van der Waals surface area contributed by atoms with Crippen LogP contribution in [0.1, 0.15) is 12.8 Å². The minimum atomic E-state index is -0.132. The van der Waals surface area contributed by atoms with Gasteiger partial charge in [0.25, 0.3) is 0 Å². The fourth-order valence-corrected chi connectivity index (χ4v) is 1.65. The first-order valence-corrected chi connectivity index (χ1v) is 5.33. The van der Waals surface area contributed by atoms with Crippen molar-refractivity contribution in [1.82, 2.24) is 14.9 Å². The van der Waals surface area contributed by atoms with E-state index in [9.17, 15) is 4.79 Å². The molecule has 0 radical (unpaired) electrons. The highest BCUT2D eigenvalue weighted by Gasteiger charge is 2.20. The van der Waals surface area contributed by atoms with E-state index in [2.05, 4.69) is 15.3 Å². The lowest BCUT2D eigenvalue weighted by Crippen LogP contribution is -2.44. The molecule has 1 aliphatic rings. The molecule has 1 aromatic rings. The summed E-state index contributed by atoms with van der Waals surface area (Å²) in [6.45, 7) is 1.40. The molecule has 0 aliphatic carbocycles. The maximum absolute atomic E-state index is 11.8. The molecule has 1 fully saturated rings. The number of likely N-dealkylation sites (tertiary alicyclic amines) is 1. The maximum Gasteiger partial charge on any atom is 0.323 e. The van der Waals surface area contributed by atoms with Crippen molar-refractivity contribution in [3.63, 3.8) is 0 Å². The summed E-state index contributed by atoms with van der Waals surface area (Å²) >= 11 is 0. The van der Waals surface area contributed by atoms with Crippen LogP contribution in [0.15, 0.2) is 18.6 Å². The Bertz CT molecular complexity index is 347. The van der Waals surface area contributed by atoms with Gasteiger partial charge in [0.05, 0.1) is 6.20 Å². The van der Waals surface area contributed by atoms with Crippen LogP contribution in [0, 0.1) is 0 Å². The first kappa shape index (κ1) is 10.8. The van der Waals surface area contributed by atoms with E-state index in [1.807, 2.05) is 0 Å². The number of carbonyl (C=O) groups excluding carboxylic acids is 1. The van der Waals surface area contributed by atoms with Gasteiger partial charge in [0, 0.05) is 31.5 Å². The number of anilines is 1. The number of piperidine rings is 1. The predicted octanol–water partition coefficient (Wildman–Crippen LogP) is 0.432. The number of nitrogens with zero attached hydrogens (tertiary/aromatic N) is 3. The number of nitrogens with one attached hydrogen (secondary N) is 1. The molecule has 0 bridgehead atoms. The summed E-state index contributed by atoms with van der Waals surface area (Å²) in [7, 11) is 0. The van der Waals surface area contributed by atoms with Crippen LogP contribution in [0.3, 0.4) is 0 Å². The number of hydrogen-bond acceptors (Lipinski definition) is 4. The van der Waals surface area contributed by atoms with Crippen molar-refractivity contribution in [2.24, 2.45) is 5.73 Å². The van der Waals surface area contributed by atoms with Gasteiger partial charge >= 0.3 is 6.03 Å². The highest BCUT2D eigenvalue weighted by molar-refractivity contribution is 5.88. The molecule has 86 valence electrons. The lowest BCUT2D eigenvalue weighted by molar-refractivity contribution is 0.195. The van der Waals surface area contributed by atoms with Crippen LogP contribution < -0.4 is 11.1 Å². The number of aromatic nitrogens is 2. The van der Waals surface area contributed by atoms with Gasteiger partial charge in [-0.2, -0.15) is 0 Å². The zero-order valence-corrected chi connectivity index (χ0v) is 8.97. The molecule has 2 heterocycles. The molecule has 2 rings (SSSR count). The summed E-state index contributed by atoms with van der Waals surface area (Å²) < 4.78 is 0. The first-order valence-electron chi connectivity index (χ1n) is 5.33. The monoisotopic (exact) mass is 221 g/mol. The highest BCUT2D eigenvalue weighted by Crippen LogP contribution is 2.09. The Kier molecular flexibility index (Phi) is 3.31. The second kappa shape index (κ2) is 4.89. The molecule has 6 nitrogen and oxygen atoms in total. The Morgan fingerprint density at radius 3 is 2.81 bits per heavy atom. The summed E-state index contributed by atoms with van der Waals surface area (Å²) in [4.78, 5) is 21.4. The van der Waals surface area contributed by atoms with Crippen molar-refractivity contribution in [3.05, 3.63) is 18.6 Å². The molecule has 16 heavy (non-hydrogen) atoms. The number of amides is 2. The Labute approximate surface area is 93.9 Å². The average Bonchev–Trinajstić information content (AvgIpc) is 2.31. The molecule has 0 atom stereocenters. The second-order valence-corrected chi connectivity index (χ2v) is 3.85. The lowest BCUT2D eigenvalue weighted by atomic mass is 10.1. The molecule has 1 aromatic heterocycles. The topological polar surface area (TPSA) is 84.1 Å². The largest absolute Gasteiger partial charge is 0.328 e. The molecule has 6 heteroatoms. The SMILES string of the molecule is NC1CCN(C(=O)Nc2cnccn2)CC1. The van der Waals surface area contributed by atoms with E-state index in [4.69, 9.17) is 5.73 Å². The second-order valence-electron chi connectivity index (χ2n) is 3.85. The van der Waals surface area contributed by atoms with Gasteiger partial charge in [0.1, 0.15) is 0 Å². The zero-order valence-electron chi connectivity index (χ0n) is 8.97. The van der Waals surface area contributed by atoms with Crippen molar-refractivity contribution in [2.75, 3.05) is 18.4 Å². The summed E-state index contributed by atoms with van der Waals surface area (Å²) in [6, 6.07) is 0.0907. The van der Waals surface area contributed by atoms with Gasteiger partial charge in [0.2, 0.25) is 0 Å². The third-order valence-corrected chi connectivity index (χ3v) is 2.63. The summed E-state index contributed by atoms with van der Waals surface area (Å²) in [5.41, 5.74) is 5.77. The van der Waals surface area contributed by atoms with Crippen LogP contribution in [0.4, 0.5) is 10.6 Å². The van der Waals surface area contributed by atoms with E-state index in [-0.39, 0.29) is 12.1 Å². The van der Waals surface area contributed by atoms with Gasteiger partial charge in [-0.15, -0.1) is 0 Å². The predicted molar refractivity (Wildman–Crippen MR) is 59.8 cm³/mol. The Morgan fingerprint density at radius 1 is 1.44 bits per heavy atom. The van der Waals surface area contributed by atoms with Crippen molar-refractivity contribution < 1.29 is 4.79 Å². The van der Waals surface area contributed by atoms with Crippen LogP contribution >= 0.6 is 0 Å². The summed E-state index contributed by atoms with van der Waals surface area (Å²) in [5.74, 6) is 0.474. The third kappa shape index (κ3) is 2.66. The number of rotatable bonds is 1. The average molecular weight is 221 g/mol. The molecule has 3 N–H and O–H groups in total. The molecule has 2 amide bonds. The number of urea groups is 1. The van der Waals surface area contributed by atoms with Gasteiger partial charge < -0.3 is 10.6 Å². The molecular weight excluding hydrogens is 206 g/mol. The number of nitrogens with two attached hydrogens (primary N) is 1. The highest BCUT2D eigenvalue weighted by atomic mass is 16.2. The Hall–Kier alpha value is -1.69. The van der Waals surface area contributed by atoms with E-state index in [0.717, 1.165) is 12.8 Å². The zero-order chi connectivity index (χ0) is 11.4. The van der Waals surface area contributed by atoms with Gasteiger partial charge in [-0.05, 0) is 12.8 Å². The van der Waals surface area contributed by atoms with Gasteiger partial charge in [-0.25, -0.2) is 9.78 Å². The minimum Gasteiger partial charge on any atom is -0.328 e. The maximum atomic E-state index is 11.8. The van der Waals surface area contributed by atoms with Crippen molar-refractivity contribution in [2.45, 2.75) is 18.9 Å². The van der Waals surface area contributed by atoms with Crippen LogP contribution in [0.25, 0.3) is 0 Å². The van der Waals surface area contributed by atoms with Crippen molar-refractivity contribution in [3.8, 4) is 0 Å². The molecular formula is C10H15N5O. The quantitative estimate of drug-likeness (QED) is 0.720. The minimum absolute atomic E-state index is 0.132. The van der Waals surface area contributed by atoms with E-state index in [0.29, 0.717) is 18.9 Å². The normalized spacial score (nSPS) is 17.2. The Morgan fingerprint density at radius 2 is 2.19 bits per heavy atom. The molecule has 1 saturated heterocycles. The van der Waals surface area contributed by atoms with Crippen LogP contribution in [0.2, 0.25) is 0 Å². The number of carbonyl (C=O) groups is 1. The fraction of sp³-hybridized carbons (Fsp3) is 0.500. The third-order valence-electron chi connectivity index (χ3n) is 2.63. The van der Waals surface area contributed by atoms with E-state index >= 15 is 0 Å². The number of hydrogen-bond donors (Lipinski definition) is 2. The van der Waals surface area contributed by atoms with Gasteiger partial charge in [-0.3, -0.25) is 10.3 Å². The fourth-order valence-electron chi connectivity index (χ4n) is 1.65. The van der Waals surface area contributed by atoms with Crippen LogP contribution in [0.5, 0.6) is 0 Å². The smallest absolute Gasteiger partial charge is 0.323 e. The van der Waals surface area contributed by atoms with Gasteiger partial charge in [0.15, 0.2) is 5.82 Å². The Balaban J connectivity index is 1.89. The molecule has 0 aromatic carbocycles. The van der Waals surface area contributed by atoms with E-state index < -0.39 is 0 Å². The standard InChI is InChI=1S/C10H15N5O/c11-8-1-5-15(6-2-8)10(16)14-9-7-12-3-4-13-9/h3-4,7-8H,1-2,5-6,11H2,(H,13,14,16). The van der Waals surface area contributed by atoms with Gasteiger partial charge in [-0.1, -0.05) is 0 Å². The van der Waals surface area contributed by atoms with Crippen molar-refractivity contribution in [1.29, 1.82) is 0 Å². The van der Waals surface area contributed by atoms with E-state index in [1.54, 1.807) is 17.3 Å². The molecule has 1 aliphatic heterocycles. The molecule has 0 unspecified atom stereocenters. The summed E-state index contributed by atoms with van der Waals surface area (Å²) in [5, 5.41) is 2.70. The molecule has 0 spiro atoms. The van der Waals surface area contributed by atoms with E-state index in [1.165, 1.54) is 6.20 Å². The van der Waals surface area contributed by atoms with Crippen LogP contribution in [-0.4, -0.2) is 40.0 Å². The summed E-state index contributed by atoms with van der Waals surface area (Å²) in [6.07, 6.45) is 6.34. The lowest BCUT2D eigenvalue weighted by Gasteiger charge is -2.29. The molecule has 0 saturated carbocycles.